The van der Waals surface area contributed by atoms with Crippen molar-refractivity contribution in [2.45, 2.75) is 32.2 Å². The van der Waals surface area contributed by atoms with Gasteiger partial charge in [-0.05, 0) is 41.8 Å². The van der Waals surface area contributed by atoms with E-state index < -0.39 is 25.2 Å². The summed E-state index contributed by atoms with van der Waals surface area (Å²) in [6.45, 7) is 1.67. The summed E-state index contributed by atoms with van der Waals surface area (Å²) in [4.78, 5) is 29.2. The molecule has 0 saturated carbocycles. The number of fused-ring (bicyclic) bond motifs is 1. The van der Waals surface area contributed by atoms with Crippen LogP contribution in [0.5, 0.6) is 0 Å². The molecule has 1 unspecified atom stereocenters. The SMILES string of the molecule is CCOP(=O)(O)Cc1cccc(CNc2nc(Nc3ccc4c(c3)CC(=O)N4)ncc2C(F)(F)F)c1. The fraction of sp³-hybridized carbons (Fsp3) is 0.261. The summed E-state index contributed by atoms with van der Waals surface area (Å²) in [6.07, 6.45) is -4.01. The Morgan fingerprint density at radius 2 is 1.97 bits per heavy atom. The summed E-state index contributed by atoms with van der Waals surface area (Å²) in [5.74, 6) is -0.622. The molecule has 13 heteroatoms. The zero-order valence-corrected chi connectivity index (χ0v) is 20.0. The van der Waals surface area contributed by atoms with E-state index in [1.807, 2.05) is 0 Å². The molecule has 1 aromatic heterocycles. The van der Waals surface area contributed by atoms with Gasteiger partial charge in [0.2, 0.25) is 11.9 Å². The van der Waals surface area contributed by atoms with Crippen LogP contribution in [0.25, 0.3) is 0 Å². The second kappa shape index (κ2) is 10.3. The maximum absolute atomic E-state index is 13.6. The van der Waals surface area contributed by atoms with Gasteiger partial charge in [0.25, 0.3) is 0 Å². The van der Waals surface area contributed by atoms with Crippen molar-refractivity contribution < 1.29 is 31.9 Å². The molecule has 1 atom stereocenters. The Labute approximate surface area is 204 Å². The van der Waals surface area contributed by atoms with Crippen molar-refractivity contribution in [1.82, 2.24) is 9.97 Å². The van der Waals surface area contributed by atoms with Gasteiger partial charge in [-0.15, -0.1) is 0 Å². The zero-order valence-electron chi connectivity index (χ0n) is 19.1. The fourth-order valence-electron chi connectivity index (χ4n) is 3.72. The Hall–Kier alpha value is -3.47. The number of nitrogens with one attached hydrogen (secondary N) is 3. The topological polar surface area (TPSA) is 125 Å². The van der Waals surface area contributed by atoms with E-state index in [1.54, 1.807) is 49.4 Å². The minimum atomic E-state index is -4.69. The lowest BCUT2D eigenvalue weighted by Gasteiger charge is -2.16. The van der Waals surface area contributed by atoms with E-state index in [-0.39, 0.29) is 37.6 Å². The normalized spacial score (nSPS) is 14.6. The van der Waals surface area contributed by atoms with Gasteiger partial charge in [-0.1, -0.05) is 24.3 Å². The van der Waals surface area contributed by atoms with Crippen molar-refractivity contribution >= 4 is 36.6 Å². The minimum absolute atomic E-state index is 0.0234. The van der Waals surface area contributed by atoms with E-state index in [4.69, 9.17) is 4.52 Å². The summed E-state index contributed by atoms with van der Waals surface area (Å²) in [5.41, 5.74) is 2.02. The van der Waals surface area contributed by atoms with Gasteiger partial charge in [-0.2, -0.15) is 18.2 Å². The van der Waals surface area contributed by atoms with Gasteiger partial charge in [0.05, 0.1) is 19.2 Å². The monoisotopic (exact) mass is 521 g/mol. The largest absolute Gasteiger partial charge is 0.421 e. The summed E-state index contributed by atoms with van der Waals surface area (Å²) in [6, 6.07) is 11.6. The molecule has 1 aliphatic heterocycles. The third-order valence-electron chi connectivity index (χ3n) is 5.25. The highest BCUT2D eigenvalue weighted by atomic mass is 31.2. The van der Waals surface area contributed by atoms with E-state index in [0.29, 0.717) is 28.7 Å². The highest BCUT2D eigenvalue weighted by molar-refractivity contribution is 7.51. The molecular formula is C23H23F3N5O4P. The molecule has 2 heterocycles. The number of hydrogen-bond acceptors (Lipinski definition) is 7. The second-order valence-electron chi connectivity index (χ2n) is 8.06. The number of carbonyl (C=O) groups excluding carboxylic acids is 1. The number of alkyl halides is 3. The molecule has 190 valence electrons. The van der Waals surface area contributed by atoms with Crippen LogP contribution in [-0.2, 0) is 39.2 Å². The van der Waals surface area contributed by atoms with Crippen LogP contribution in [0.2, 0.25) is 0 Å². The molecule has 4 N–H and O–H groups in total. The molecule has 9 nitrogen and oxygen atoms in total. The molecule has 1 amide bonds. The van der Waals surface area contributed by atoms with Crippen LogP contribution >= 0.6 is 7.60 Å². The molecule has 0 aliphatic carbocycles. The molecule has 0 bridgehead atoms. The first kappa shape index (κ1) is 25.6. The lowest BCUT2D eigenvalue weighted by molar-refractivity contribution is -0.137. The van der Waals surface area contributed by atoms with Crippen LogP contribution < -0.4 is 16.0 Å². The Kier molecular flexibility index (Phi) is 7.30. The van der Waals surface area contributed by atoms with Crippen LogP contribution in [0.1, 0.15) is 29.2 Å². The lowest BCUT2D eigenvalue weighted by atomic mass is 10.1. The van der Waals surface area contributed by atoms with Crippen LogP contribution in [0.4, 0.5) is 36.3 Å². The Morgan fingerprint density at radius 3 is 2.72 bits per heavy atom. The van der Waals surface area contributed by atoms with E-state index in [9.17, 15) is 27.4 Å². The first-order valence-corrected chi connectivity index (χ1v) is 12.7. The number of halogens is 3. The van der Waals surface area contributed by atoms with Gasteiger partial charge >= 0.3 is 13.8 Å². The van der Waals surface area contributed by atoms with Gasteiger partial charge < -0.3 is 25.4 Å². The molecule has 0 fully saturated rings. The zero-order chi connectivity index (χ0) is 25.9. The van der Waals surface area contributed by atoms with Crippen molar-refractivity contribution in [1.29, 1.82) is 0 Å². The van der Waals surface area contributed by atoms with E-state index in [0.717, 1.165) is 5.56 Å². The molecule has 36 heavy (non-hydrogen) atoms. The van der Waals surface area contributed by atoms with Crippen LogP contribution in [0.3, 0.4) is 0 Å². The van der Waals surface area contributed by atoms with Gasteiger partial charge in [-0.25, -0.2) is 4.98 Å². The van der Waals surface area contributed by atoms with Crippen molar-refractivity contribution in [3.63, 3.8) is 0 Å². The number of benzene rings is 2. The van der Waals surface area contributed by atoms with Gasteiger partial charge in [-0.3, -0.25) is 9.36 Å². The Balaban J connectivity index is 1.52. The standard InChI is InChI=1S/C23H23F3N5O4P/c1-2-35-36(33,34)13-15-5-3-4-14(8-15)11-27-21-18(23(24,25)26)12-28-22(31-21)29-17-6-7-19-16(9-17)10-20(32)30-19/h3-9,12H,2,10-11,13H2,1H3,(H,30,32)(H,33,34)(H2,27,28,29,31). The maximum atomic E-state index is 13.6. The molecule has 4 rings (SSSR count). The highest BCUT2D eigenvalue weighted by Gasteiger charge is 2.35. The molecule has 0 spiro atoms. The highest BCUT2D eigenvalue weighted by Crippen LogP contribution is 2.45. The van der Waals surface area contributed by atoms with Crippen LogP contribution in [0, 0.1) is 0 Å². The van der Waals surface area contributed by atoms with Gasteiger partial charge in [0, 0.05) is 24.1 Å². The smallest absolute Gasteiger partial charge is 0.365 e. The second-order valence-corrected chi connectivity index (χ2v) is 9.91. The third kappa shape index (κ3) is 6.39. The van der Waals surface area contributed by atoms with E-state index in [1.165, 1.54) is 0 Å². The average Bonchev–Trinajstić information content (AvgIpc) is 3.16. The maximum Gasteiger partial charge on any atom is 0.421 e. The Bertz CT molecular complexity index is 1340. The van der Waals surface area contributed by atoms with Crippen molar-refractivity contribution in [3.8, 4) is 0 Å². The minimum Gasteiger partial charge on any atom is -0.365 e. The summed E-state index contributed by atoms with van der Waals surface area (Å²) >= 11 is 0. The summed E-state index contributed by atoms with van der Waals surface area (Å²) in [5, 5.41) is 8.27. The lowest BCUT2D eigenvalue weighted by Crippen LogP contribution is -2.14. The fourth-order valence-corrected chi connectivity index (χ4v) is 4.88. The van der Waals surface area contributed by atoms with E-state index in [2.05, 4.69) is 25.9 Å². The quantitative estimate of drug-likeness (QED) is 0.288. The number of nitrogens with zero attached hydrogens (tertiary/aromatic N) is 2. The van der Waals surface area contributed by atoms with Gasteiger partial charge in [0.1, 0.15) is 11.4 Å². The van der Waals surface area contributed by atoms with Gasteiger partial charge in [0.15, 0.2) is 0 Å². The first-order chi connectivity index (χ1) is 17.0. The van der Waals surface area contributed by atoms with E-state index >= 15 is 0 Å². The molecule has 1 aliphatic rings. The number of carbonyl (C=O) groups is 1. The average molecular weight is 521 g/mol. The van der Waals surface area contributed by atoms with Crippen molar-refractivity contribution in [2.24, 2.45) is 0 Å². The number of hydrogen-bond donors (Lipinski definition) is 4. The molecule has 0 saturated heterocycles. The number of rotatable bonds is 9. The predicted molar refractivity (Wildman–Crippen MR) is 128 cm³/mol. The summed E-state index contributed by atoms with van der Waals surface area (Å²) < 4.78 is 57.7. The Morgan fingerprint density at radius 1 is 1.19 bits per heavy atom. The first-order valence-electron chi connectivity index (χ1n) is 10.9. The molecule has 0 radical (unpaired) electrons. The van der Waals surface area contributed by atoms with Crippen LogP contribution in [-0.4, -0.2) is 27.4 Å². The number of aromatic nitrogens is 2. The molecule has 3 aromatic rings. The predicted octanol–water partition coefficient (Wildman–Crippen LogP) is 5.07. The summed E-state index contributed by atoms with van der Waals surface area (Å²) in [7, 11) is -3.81. The van der Waals surface area contributed by atoms with Crippen molar-refractivity contribution in [3.05, 3.63) is 70.9 Å². The molecule has 2 aromatic carbocycles. The van der Waals surface area contributed by atoms with Crippen LogP contribution in [0.15, 0.2) is 48.7 Å². The third-order valence-corrected chi connectivity index (χ3v) is 6.67. The molecular weight excluding hydrogens is 498 g/mol. The van der Waals surface area contributed by atoms with Crippen molar-refractivity contribution in [2.75, 3.05) is 22.6 Å². The number of amides is 1. The number of anilines is 4.